The van der Waals surface area contributed by atoms with E-state index in [1.807, 2.05) is 30.3 Å². The summed E-state index contributed by atoms with van der Waals surface area (Å²) in [6, 6.07) is 10.6. The minimum Gasteiger partial charge on any atom is -0.368 e. The topological polar surface area (TPSA) is 60.9 Å². The first-order valence-corrected chi connectivity index (χ1v) is 5.58. The van der Waals surface area contributed by atoms with Crippen LogP contribution in [0.5, 0.6) is 0 Å². The van der Waals surface area contributed by atoms with E-state index < -0.39 is 17.4 Å². The zero-order chi connectivity index (χ0) is 13.2. The quantitative estimate of drug-likeness (QED) is 0.889. The van der Waals surface area contributed by atoms with E-state index in [2.05, 4.69) is 5.10 Å². The number of carbonyl (C=O) groups is 1. The molecule has 2 aromatic rings. The Labute approximate surface area is 104 Å². The third kappa shape index (κ3) is 2.25. The lowest BCUT2D eigenvalue weighted by Gasteiger charge is -2.26. The maximum Gasteiger partial charge on any atom is 0.245 e. The summed E-state index contributed by atoms with van der Waals surface area (Å²) in [5.74, 6) is -1.18. The van der Waals surface area contributed by atoms with Gasteiger partial charge in [0.15, 0.2) is 0 Å². The molecule has 0 saturated carbocycles. The molecule has 0 aliphatic rings. The van der Waals surface area contributed by atoms with Crippen molar-refractivity contribution in [3.63, 3.8) is 0 Å². The van der Waals surface area contributed by atoms with Crippen LogP contribution in [0.4, 0.5) is 4.39 Å². The Bertz CT molecular complexity index is 552. The molecule has 5 heteroatoms. The molecule has 2 N–H and O–H groups in total. The van der Waals surface area contributed by atoms with Gasteiger partial charge in [-0.05, 0) is 12.5 Å². The maximum atomic E-state index is 13.0. The first kappa shape index (κ1) is 12.3. The number of nitrogens with zero attached hydrogens (tertiary/aromatic N) is 2. The molecule has 1 amide bonds. The number of aromatic nitrogens is 2. The maximum absolute atomic E-state index is 13.0. The van der Waals surface area contributed by atoms with Crippen molar-refractivity contribution in [2.45, 2.75) is 18.9 Å². The van der Waals surface area contributed by atoms with Gasteiger partial charge in [-0.2, -0.15) is 4.39 Å². The second-order valence-electron chi connectivity index (χ2n) is 4.38. The second-order valence-corrected chi connectivity index (χ2v) is 4.38. The molecular weight excluding hydrogens is 233 g/mol. The molecule has 1 heterocycles. The van der Waals surface area contributed by atoms with E-state index >= 15 is 0 Å². The van der Waals surface area contributed by atoms with Gasteiger partial charge in [-0.1, -0.05) is 30.3 Å². The average molecular weight is 247 g/mol. The number of benzene rings is 1. The monoisotopic (exact) mass is 247 g/mol. The molecule has 0 aliphatic heterocycles. The van der Waals surface area contributed by atoms with Crippen molar-refractivity contribution in [3.8, 4) is 0 Å². The smallest absolute Gasteiger partial charge is 0.245 e. The summed E-state index contributed by atoms with van der Waals surface area (Å²) >= 11 is 0. The Morgan fingerprint density at radius 3 is 2.56 bits per heavy atom. The zero-order valence-corrected chi connectivity index (χ0v) is 10.0. The van der Waals surface area contributed by atoms with Gasteiger partial charge in [-0.15, -0.1) is 5.10 Å². The summed E-state index contributed by atoms with van der Waals surface area (Å²) in [6.07, 6.45) is 1.79. The number of primary amides is 1. The molecule has 0 radical (unpaired) electrons. The molecule has 18 heavy (non-hydrogen) atoms. The highest BCUT2D eigenvalue weighted by Gasteiger charge is 2.34. The molecule has 0 fully saturated rings. The Balaban J connectivity index is 2.36. The highest BCUT2D eigenvalue weighted by Crippen LogP contribution is 2.21. The van der Waals surface area contributed by atoms with E-state index in [0.717, 1.165) is 5.56 Å². The van der Waals surface area contributed by atoms with Crippen LogP contribution in [0.25, 0.3) is 0 Å². The third-order valence-electron chi connectivity index (χ3n) is 2.98. The molecule has 94 valence electrons. The molecule has 1 atom stereocenters. The lowest BCUT2D eigenvalue weighted by Crippen LogP contribution is -2.46. The number of carbonyl (C=O) groups excluding carboxylic acids is 1. The molecule has 0 bridgehead atoms. The van der Waals surface area contributed by atoms with Crippen molar-refractivity contribution in [2.75, 3.05) is 0 Å². The van der Waals surface area contributed by atoms with Crippen LogP contribution in [0.1, 0.15) is 12.5 Å². The van der Waals surface area contributed by atoms with Crippen LogP contribution in [-0.4, -0.2) is 15.7 Å². The summed E-state index contributed by atoms with van der Waals surface area (Å²) < 4.78 is 14.3. The molecule has 1 aromatic heterocycles. The number of rotatable bonds is 4. The standard InChI is InChI=1S/C13H14FN3O/c1-13(12(15)18,17-8-7-11(14)16-17)9-10-5-3-2-4-6-10/h2-8H,9H2,1H3,(H2,15,18). The van der Waals surface area contributed by atoms with E-state index in [4.69, 9.17) is 5.73 Å². The summed E-state index contributed by atoms with van der Waals surface area (Å²) in [7, 11) is 0. The number of hydrogen-bond acceptors (Lipinski definition) is 2. The number of halogens is 1. The van der Waals surface area contributed by atoms with Crippen molar-refractivity contribution in [3.05, 3.63) is 54.1 Å². The number of amides is 1. The SMILES string of the molecule is CC(Cc1ccccc1)(C(N)=O)n1ccc(F)n1. The van der Waals surface area contributed by atoms with E-state index in [1.165, 1.54) is 16.9 Å². The van der Waals surface area contributed by atoms with Gasteiger partial charge in [0.05, 0.1) is 0 Å². The Morgan fingerprint density at radius 2 is 2.06 bits per heavy atom. The highest BCUT2D eigenvalue weighted by molar-refractivity contribution is 5.82. The summed E-state index contributed by atoms with van der Waals surface area (Å²) in [5, 5.41) is 3.65. The van der Waals surface area contributed by atoms with Crippen LogP contribution in [0.15, 0.2) is 42.6 Å². The second kappa shape index (κ2) is 4.60. The number of nitrogens with two attached hydrogens (primary N) is 1. The normalized spacial score (nSPS) is 14.1. The van der Waals surface area contributed by atoms with Crippen molar-refractivity contribution < 1.29 is 9.18 Å². The fraction of sp³-hybridized carbons (Fsp3) is 0.231. The van der Waals surface area contributed by atoms with E-state index in [9.17, 15) is 9.18 Å². The lowest BCUT2D eigenvalue weighted by molar-refractivity contribution is -0.126. The van der Waals surface area contributed by atoms with Gasteiger partial charge in [0, 0.05) is 18.7 Å². The Kier molecular flexibility index (Phi) is 3.14. The fourth-order valence-corrected chi connectivity index (χ4v) is 1.85. The van der Waals surface area contributed by atoms with Gasteiger partial charge in [-0.25, -0.2) is 0 Å². The largest absolute Gasteiger partial charge is 0.368 e. The van der Waals surface area contributed by atoms with Crippen molar-refractivity contribution in [2.24, 2.45) is 5.73 Å². The van der Waals surface area contributed by atoms with Crippen LogP contribution in [0.2, 0.25) is 0 Å². The van der Waals surface area contributed by atoms with Crippen LogP contribution in [0.3, 0.4) is 0 Å². The van der Waals surface area contributed by atoms with Crippen LogP contribution < -0.4 is 5.73 Å². The first-order chi connectivity index (χ1) is 8.52. The minimum absolute atomic E-state index is 0.365. The van der Waals surface area contributed by atoms with Gasteiger partial charge >= 0.3 is 0 Å². The lowest BCUT2D eigenvalue weighted by atomic mass is 9.92. The van der Waals surface area contributed by atoms with Gasteiger partial charge in [0.2, 0.25) is 11.9 Å². The third-order valence-corrected chi connectivity index (χ3v) is 2.98. The van der Waals surface area contributed by atoms with E-state index in [1.54, 1.807) is 6.92 Å². The van der Waals surface area contributed by atoms with Gasteiger partial charge < -0.3 is 5.73 Å². The minimum atomic E-state index is -1.08. The predicted octanol–water partition coefficient (Wildman–Crippen LogP) is 1.47. The van der Waals surface area contributed by atoms with Crippen molar-refractivity contribution >= 4 is 5.91 Å². The van der Waals surface area contributed by atoms with Crippen LogP contribution in [-0.2, 0) is 16.8 Å². The first-order valence-electron chi connectivity index (χ1n) is 5.58. The van der Waals surface area contributed by atoms with Crippen LogP contribution >= 0.6 is 0 Å². The summed E-state index contributed by atoms with van der Waals surface area (Å²) in [5.41, 5.74) is 5.30. The molecule has 0 spiro atoms. The van der Waals surface area contributed by atoms with Gasteiger partial charge in [0.25, 0.3) is 0 Å². The van der Waals surface area contributed by atoms with Crippen molar-refractivity contribution in [1.29, 1.82) is 0 Å². The molecule has 1 unspecified atom stereocenters. The average Bonchev–Trinajstić information content (AvgIpc) is 2.77. The zero-order valence-electron chi connectivity index (χ0n) is 10.0. The molecular formula is C13H14FN3O. The molecule has 1 aromatic carbocycles. The predicted molar refractivity (Wildman–Crippen MR) is 65.2 cm³/mol. The Hall–Kier alpha value is -2.17. The van der Waals surface area contributed by atoms with Gasteiger partial charge in [-0.3, -0.25) is 9.48 Å². The molecule has 2 rings (SSSR count). The Morgan fingerprint density at radius 1 is 1.39 bits per heavy atom. The van der Waals surface area contributed by atoms with E-state index in [-0.39, 0.29) is 0 Å². The molecule has 4 nitrogen and oxygen atoms in total. The molecule has 0 saturated heterocycles. The summed E-state index contributed by atoms with van der Waals surface area (Å²) in [6.45, 7) is 1.65. The molecule has 0 aliphatic carbocycles. The van der Waals surface area contributed by atoms with Crippen molar-refractivity contribution in [1.82, 2.24) is 9.78 Å². The summed E-state index contributed by atoms with van der Waals surface area (Å²) in [4.78, 5) is 11.7. The van der Waals surface area contributed by atoms with E-state index in [0.29, 0.717) is 6.42 Å². The van der Waals surface area contributed by atoms with Gasteiger partial charge in [0.1, 0.15) is 5.54 Å². The number of hydrogen-bond donors (Lipinski definition) is 1. The van der Waals surface area contributed by atoms with Crippen LogP contribution in [0, 0.1) is 5.95 Å². The fourth-order valence-electron chi connectivity index (χ4n) is 1.85. The highest BCUT2D eigenvalue weighted by atomic mass is 19.1.